The van der Waals surface area contributed by atoms with Crippen LogP contribution in [0.5, 0.6) is 0 Å². The zero-order chi connectivity index (χ0) is 14.1. The number of alkyl halides is 3. The first-order chi connectivity index (χ1) is 8.18. The highest BCUT2D eigenvalue weighted by molar-refractivity contribution is 6.75. The lowest BCUT2D eigenvalue weighted by Gasteiger charge is -2.39. The van der Waals surface area contributed by atoms with Gasteiger partial charge in [0.1, 0.15) is 24.4 Å². The summed E-state index contributed by atoms with van der Waals surface area (Å²) in [6.45, 7) is -0.660. The van der Waals surface area contributed by atoms with Gasteiger partial charge in [-0.2, -0.15) is 0 Å². The van der Waals surface area contributed by atoms with Gasteiger partial charge in [-0.1, -0.05) is 34.8 Å². The van der Waals surface area contributed by atoms with Crippen LogP contribution >= 0.6 is 34.8 Å². The third-order valence-electron chi connectivity index (χ3n) is 2.30. The summed E-state index contributed by atoms with van der Waals surface area (Å²) in [6, 6.07) is 0. The van der Waals surface area contributed by atoms with E-state index < -0.39 is 47.1 Å². The molecule has 18 heavy (non-hydrogen) atoms. The minimum absolute atomic E-state index is 0.660. The third kappa shape index (κ3) is 3.58. The monoisotopic (exact) mass is 324 g/mol. The zero-order valence-electron chi connectivity index (χ0n) is 8.74. The Bertz CT molecular complexity index is 306. The van der Waals surface area contributed by atoms with E-state index in [4.69, 9.17) is 44.6 Å². The maximum Gasteiger partial charge on any atom is 0.360 e. The van der Waals surface area contributed by atoms with Gasteiger partial charge in [0.05, 0.1) is 6.61 Å². The molecule has 0 bridgehead atoms. The van der Waals surface area contributed by atoms with Crippen molar-refractivity contribution in [1.82, 2.24) is 0 Å². The quantitative estimate of drug-likeness (QED) is 0.368. The van der Waals surface area contributed by atoms with Crippen LogP contribution in [-0.4, -0.2) is 67.5 Å². The Hall–Kier alpha value is 0.140. The Labute approximate surface area is 117 Å². The SMILES string of the molecule is O=C(O[C@H]1O[C@H](CO)[C@@H](O)[C@H](O)[C@H]1O)C(Cl)(Cl)Cl. The maximum atomic E-state index is 11.2. The van der Waals surface area contributed by atoms with Crippen LogP contribution in [0.4, 0.5) is 0 Å². The number of ether oxygens (including phenoxy) is 2. The van der Waals surface area contributed by atoms with Crippen molar-refractivity contribution in [2.45, 2.75) is 34.5 Å². The van der Waals surface area contributed by atoms with Crippen LogP contribution < -0.4 is 0 Å². The van der Waals surface area contributed by atoms with Gasteiger partial charge in [-0.15, -0.1) is 0 Å². The Morgan fingerprint density at radius 3 is 2.17 bits per heavy atom. The van der Waals surface area contributed by atoms with E-state index in [-0.39, 0.29) is 0 Å². The van der Waals surface area contributed by atoms with Crippen molar-refractivity contribution in [2.75, 3.05) is 6.61 Å². The summed E-state index contributed by atoms with van der Waals surface area (Å²) in [5, 5.41) is 37.3. The van der Waals surface area contributed by atoms with E-state index in [2.05, 4.69) is 4.74 Å². The van der Waals surface area contributed by atoms with Gasteiger partial charge in [0, 0.05) is 0 Å². The van der Waals surface area contributed by atoms with E-state index >= 15 is 0 Å². The van der Waals surface area contributed by atoms with Gasteiger partial charge in [0.2, 0.25) is 6.29 Å². The molecule has 7 nitrogen and oxygen atoms in total. The fourth-order valence-electron chi connectivity index (χ4n) is 1.34. The fourth-order valence-corrected chi connectivity index (χ4v) is 1.47. The van der Waals surface area contributed by atoms with Gasteiger partial charge >= 0.3 is 5.97 Å². The van der Waals surface area contributed by atoms with Gasteiger partial charge in [-0.25, -0.2) is 4.79 Å². The van der Waals surface area contributed by atoms with Crippen molar-refractivity contribution < 1.29 is 34.7 Å². The van der Waals surface area contributed by atoms with Gasteiger partial charge in [-0.05, 0) is 0 Å². The summed E-state index contributed by atoms with van der Waals surface area (Å²) in [7, 11) is 0. The molecule has 1 heterocycles. The number of rotatable bonds is 2. The van der Waals surface area contributed by atoms with Crippen LogP contribution in [0.15, 0.2) is 0 Å². The lowest BCUT2D eigenvalue weighted by molar-refractivity contribution is -0.292. The molecule has 0 amide bonds. The fraction of sp³-hybridized carbons (Fsp3) is 0.875. The number of aliphatic hydroxyl groups is 4. The molecule has 1 rings (SSSR count). The number of hydrogen-bond donors (Lipinski definition) is 4. The van der Waals surface area contributed by atoms with Crippen molar-refractivity contribution in [3.8, 4) is 0 Å². The van der Waals surface area contributed by atoms with E-state index in [0.717, 1.165) is 0 Å². The minimum Gasteiger partial charge on any atom is -0.430 e. The molecule has 1 aliphatic heterocycles. The Morgan fingerprint density at radius 2 is 1.72 bits per heavy atom. The summed E-state index contributed by atoms with van der Waals surface area (Å²) in [5.74, 6) is -1.32. The molecule has 1 fully saturated rings. The largest absolute Gasteiger partial charge is 0.430 e. The molecule has 0 aromatic heterocycles. The molecule has 4 N–H and O–H groups in total. The standard InChI is InChI=1S/C8H11Cl3O7/c9-8(10,11)7(16)18-6-5(15)4(14)3(13)2(1-12)17-6/h2-6,12-15H,1H2/t2-,3-,4+,5-,6-/m1/s1. The van der Waals surface area contributed by atoms with Gasteiger partial charge < -0.3 is 29.9 Å². The molecular weight excluding hydrogens is 314 g/mol. The van der Waals surface area contributed by atoms with Gasteiger partial charge in [0.25, 0.3) is 3.79 Å². The van der Waals surface area contributed by atoms with Crippen LogP contribution in [0.25, 0.3) is 0 Å². The number of halogens is 3. The van der Waals surface area contributed by atoms with E-state index in [1.807, 2.05) is 0 Å². The first-order valence-electron chi connectivity index (χ1n) is 4.76. The van der Waals surface area contributed by atoms with E-state index in [1.54, 1.807) is 0 Å². The smallest absolute Gasteiger partial charge is 0.360 e. The van der Waals surface area contributed by atoms with Crippen LogP contribution in [0.2, 0.25) is 0 Å². The molecule has 106 valence electrons. The van der Waals surface area contributed by atoms with Crippen LogP contribution in [-0.2, 0) is 14.3 Å². The number of hydrogen-bond acceptors (Lipinski definition) is 7. The number of esters is 1. The topological polar surface area (TPSA) is 116 Å². The normalized spacial score (nSPS) is 37.4. The Kier molecular flexibility index (Phi) is 5.45. The van der Waals surface area contributed by atoms with E-state index in [0.29, 0.717) is 0 Å². The Morgan fingerprint density at radius 1 is 1.17 bits per heavy atom. The number of carbonyl (C=O) groups is 1. The highest BCUT2D eigenvalue weighted by Crippen LogP contribution is 2.30. The molecule has 1 saturated heterocycles. The zero-order valence-corrected chi connectivity index (χ0v) is 11.0. The van der Waals surface area contributed by atoms with Gasteiger partial charge in [0.15, 0.2) is 0 Å². The molecule has 5 atom stereocenters. The summed E-state index contributed by atoms with van der Waals surface area (Å²) in [4.78, 5) is 11.2. The van der Waals surface area contributed by atoms with Crippen molar-refractivity contribution in [3.05, 3.63) is 0 Å². The molecule has 0 saturated carbocycles. The first-order valence-corrected chi connectivity index (χ1v) is 5.90. The molecule has 0 radical (unpaired) electrons. The average molecular weight is 326 g/mol. The van der Waals surface area contributed by atoms with E-state index in [9.17, 15) is 20.1 Å². The van der Waals surface area contributed by atoms with E-state index in [1.165, 1.54) is 0 Å². The van der Waals surface area contributed by atoms with Crippen LogP contribution in [0.3, 0.4) is 0 Å². The summed E-state index contributed by atoms with van der Waals surface area (Å²) >= 11 is 15.7. The molecular formula is C8H11Cl3O7. The second-order valence-corrected chi connectivity index (χ2v) is 5.88. The van der Waals surface area contributed by atoms with Gasteiger partial charge in [-0.3, -0.25) is 0 Å². The lowest BCUT2D eigenvalue weighted by Crippen LogP contribution is -2.59. The second-order valence-electron chi connectivity index (χ2n) is 3.60. The van der Waals surface area contributed by atoms with Crippen molar-refractivity contribution in [2.24, 2.45) is 0 Å². The molecule has 0 unspecified atom stereocenters. The predicted molar refractivity (Wildman–Crippen MR) is 60.1 cm³/mol. The first kappa shape index (κ1) is 16.2. The molecule has 0 aliphatic carbocycles. The van der Waals surface area contributed by atoms with Crippen molar-refractivity contribution in [1.29, 1.82) is 0 Å². The highest BCUT2D eigenvalue weighted by Gasteiger charge is 2.47. The minimum atomic E-state index is -2.38. The Balaban J connectivity index is 2.74. The molecule has 1 aliphatic rings. The van der Waals surface area contributed by atoms with Crippen molar-refractivity contribution in [3.63, 3.8) is 0 Å². The van der Waals surface area contributed by atoms with Crippen LogP contribution in [0.1, 0.15) is 0 Å². The lowest BCUT2D eigenvalue weighted by atomic mass is 9.99. The molecule has 0 aromatic carbocycles. The third-order valence-corrected chi connectivity index (χ3v) is 2.77. The molecule has 0 aromatic rings. The molecule has 0 spiro atoms. The summed E-state index contributed by atoms with van der Waals surface area (Å²) in [5.41, 5.74) is 0. The summed E-state index contributed by atoms with van der Waals surface area (Å²) < 4.78 is 7.02. The summed E-state index contributed by atoms with van der Waals surface area (Å²) in [6.07, 6.45) is -7.85. The molecule has 10 heteroatoms. The average Bonchev–Trinajstić information content (AvgIpc) is 2.28. The predicted octanol–water partition coefficient (Wildman–Crippen LogP) is -1.30. The number of aliphatic hydroxyl groups excluding tert-OH is 4. The van der Waals surface area contributed by atoms with Crippen molar-refractivity contribution >= 4 is 40.8 Å². The number of carbonyl (C=O) groups excluding carboxylic acids is 1. The maximum absolute atomic E-state index is 11.2. The second kappa shape index (κ2) is 6.06. The van der Waals surface area contributed by atoms with Crippen LogP contribution in [0, 0.1) is 0 Å². The highest BCUT2D eigenvalue weighted by atomic mass is 35.6.